The molecule has 0 radical (unpaired) electrons. The fourth-order valence-corrected chi connectivity index (χ4v) is 1.51. The van der Waals surface area contributed by atoms with E-state index in [-0.39, 0.29) is 0 Å². The lowest BCUT2D eigenvalue weighted by atomic mass is 10.3. The molecule has 0 fully saturated rings. The van der Waals surface area contributed by atoms with Crippen LogP contribution in [-0.2, 0) is 6.42 Å². The number of hydrogen-bond donors (Lipinski definition) is 0. The zero-order valence-electron chi connectivity index (χ0n) is 8.66. The highest BCUT2D eigenvalue weighted by Crippen LogP contribution is 2.09. The third-order valence-electron chi connectivity index (χ3n) is 1.49. The van der Waals surface area contributed by atoms with Crippen LogP contribution >= 0.6 is 0 Å². The van der Waals surface area contributed by atoms with Crippen molar-refractivity contribution in [2.75, 3.05) is 0 Å². The molecule has 4 heteroatoms. The lowest BCUT2D eigenvalue weighted by molar-refractivity contribution is 0.508. The van der Waals surface area contributed by atoms with Crippen LogP contribution in [0.3, 0.4) is 0 Å². The van der Waals surface area contributed by atoms with Gasteiger partial charge in [0.25, 0.3) is 0 Å². The molecule has 0 atom stereocenters. The Kier molecular flexibility index (Phi) is 3.03. The highest BCUT2D eigenvalue weighted by Gasteiger charge is 2.17. The predicted molar refractivity (Wildman–Crippen MR) is 55.4 cm³/mol. The SMILES string of the molecule is CCc1cnc(O[Si](C)(C)C)nc1. The molecule has 0 amide bonds. The number of hydrogen-bond acceptors (Lipinski definition) is 3. The quantitative estimate of drug-likeness (QED) is 0.695. The molecular weight excluding hydrogens is 180 g/mol. The average Bonchev–Trinajstić information content (AvgIpc) is 2.03. The first kappa shape index (κ1) is 10.2. The summed E-state index contributed by atoms with van der Waals surface area (Å²) in [7, 11) is -1.55. The summed E-state index contributed by atoms with van der Waals surface area (Å²) >= 11 is 0. The highest BCUT2D eigenvalue weighted by molar-refractivity contribution is 6.70. The molecule has 1 rings (SSSR count). The maximum absolute atomic E-state index is 5.62. The minimum Gasteiger partial charge on any atom is -0.518 e. The average molecular weight is 196 g/mol. The van der Waals surface area contributed by atoms with Crippen molar-refractivity contribution >= 4 is 8.32 Å². The van der Waals surface area contributed by atoms with Gasteiger partial charge in [0.2, 0.25) is 8.32 Å². The Labute approximate surface area is 80.3 Å². The van der Waals surface area contributed by atoms with Gasteiger partial charge in [-0.3, -0.25) is 0 Å². The van der Waals surface area contributed by atoms with Gasteiger partial charge in [0.1, 0.15) is 0 Å². The predicted octanol–water partition coefficient (Wildman–Crippen LogP) is 2.25. The summed E-state index contributed by atoms with van der Waals surface area (Å²) in [6, 6.07) is 0.511. The Balaban J connectivity index is 2.70. The lowest BCUT2D eigenvalue weighted by Crippen LogP contribution is -2.30. The topological polar surface area (TPSA) is 35.0 Å². The molecule has 0 saturated heterocycles. The van der Waals surface area contributed by atoms with E-state index >= 15 is 0 Å². The Hall–Kier alpha value is -0.903. The molecular formula is C9H16N2OSi. The normalized spacial score (nSPS) is 11.4. The van der Waals surface area contributed by atoms with Gasteiger partial charge in [-0.05, 0) is 31.6 Å². The van der Waals surface area contributed by atoms with Gasteiger partial charge in [0.05, 0.1) is 0 Å². The van der Waals surface area contributed by atoms with E-state index in [0.29, 0.717) is 6.01 Å². The molecule has 0 aromatic carbocycles. The Bertz CT molecular complexity index is 266. The smallest absolute Gasteiger partial charge is 0.302 e. The van der Waals surface area contributed by atoms with Crippen LogP contribution in [0, 0.1) is 0 Å². The molecule has 0 aliphatic rings. The first-order chi connectivity index (χ1) is 6.01. The van der Waals surface area contributed by atoms with Gasteiger partial charge in [0.15, 0.2) is 0 Å². The zero-order valence-corrected chi connectivity index (χ0v) is 9.66. The number of aryl methyl sites for hydroxylation is 1. The van der Waals surface area contributed by atoms with Crippen LogP contribution in [0.15, 0.2) is 12.4 Å². The van der Waals surface area contributed by atoms with Gasteiger partial charge in [-0.2, -0.15) is 0 Å². The van der Waals surface area contributed by atoms with Crippen molar-refractivity contribution in [3.63, 3.8) is 0 Å². The van der Waals surface area contributed by atoms with Crippen molar-refractivity contribution in [2.24, 2.45) is 0 Å². The van der Waals surface area contributed by atoms with E-state index in [1.54, 1.807) is 0 Å². The largest absolute Gasteiger partial charge is 0.518 e. The van der Waals surface area contributed by atoms with E-state index < -0.39 is 8.32 Å². The van der Waals surface area contributed by atoms with Gasteiger partial charge in [-0.25, -0.2) is 9.97 Å². The summed E-state index contributed by atoms with van der Waals surface area (Å²) in [6.45, 7) is 8.43. The van der Waals surface area contributed by atoms with E-state index in [1.165, 1.54) is 0 Å². The molecule has 0 bridgehead atoms. The molecule has 3 nitrogen and oxygen atoms in total. The van der Waals surface area contributed by atoms with Gasteiger partial charge in [-0.1, -0.05) is 6.92 Å². The number of nitrogens with zero attached hydrogens (tertiary/aromatic N) is 2. The minimum atomic E-state index is -1.55. The van der Waals surface area contributed by atoms with Crippen LogP contribution in [0.4, 0.5) is 0 Å². The molecule has 0 aliphatic heterocycles. The molecule has 1 aromatic heterocycles. The van der Waals surface area contributed by atoms with Crippen LogP contribution in [0.25, 0.3) is 0 Å². The highest BCUT2D eigenvalue weighted by atomic mass is 28.4. The molecule has 0 N–H and O–H groups in total. The lowest BCUT2D eigenvalue weighted by Gasteiger charge is -2.16. The van der Waals surface area contributed by atoms with E-state index in [0.717, 1.165) is 12.0 Å². The van der Waals surface area contributed by atoms with E-state index in [9.17, 15) is 0 Å². The fraction of sp³-hybridized carbons (Fsp3) is 0.556. The Morgan fingerprint density at radius 3 is 2.15 bits per heavy atom. The first-order valence-corrected chi connectivity index (χ1v) is 7.92. The summed E-state index contributed by atoms with van der Waals surface area (Å²) in [5, 5.41) is 0. The van der Waals surface area contributed by atoms with Crippen molar-refractivity contribution in [1.82, 2.24) is 9.97 Å². The summed E-state index contributed by atoms with van der Waals surface area (Å²) in [6.07, 6.45) is 4.61. The van der Waals surface area contributed by atoms with Crippen molar-refractivity contribution in [3.05, 3.63) is 18.0 Å². The summed E-state index contributed by atoms with van der Waals surface area (Å²) < 4.78 is 5.62. The van der Waals surface area contributed by atoms with Gasteiger partial charge < -0.3 is 4.43 Å². The van der Waals surface area contributed by atoms with Gasteiger partial charge >= 0.3 is 6.01 Å². The van der Waals surface area contributed by atoms with Crippen molar-refractivity contribution < 1.29 is 4.43 Å². The van der Waals surface area contributed by atoms with Gasteiger partial charge in [-0.15, -0.1) is 0 Å². The third-order valence-corrected chi connectivity index (χ3v) is 2.28. The van der Waals surface area contributed by atoms with Crippen molar-refractivity contribution in [1.29, 1.82) is 0 Å². The second-order valence-electron chi connectivity index (χ2n) is 3.94. The summed E-state index contributed by atoms with van der Waals surface area (Å²) in [4.78, 5) is 8.27. The van der Waals surface area contributed by atoms with Crippen LogP contribution in [0.2, 0.25) is 19.6 Å². The fourth-order valence-electron chi connectivity index (χ4n) is 0.852. The molecule has 13 heavy (non-hydrogen) atoms. The van der Waals surface area contributed by atoms with E-state index in [4.69, 9.17) is 4.43 Å². The van der Waals surface area contributed by atoms with E-state index in [2.05, 4.69) is 36.5 Å². The molecule has 1 heterocycles. The molecule has 0 spiro atoms. The molecule has 0 unspecified atom stereocenters. The maximum atomic E-state index is 5.62. The van der Waals surface area contributed by atoms with Crippen LogP contribution < -0.4 is 4.43 Å². The summed E-state index contributed by atoms with van der Waals surface area (Å²) in [5.74, 6) is 0. The molecule has 72 valence electrons. The Morgan fingerprint density at radius 2 is 1.77 bits per heavy atom. The Morgan fingerprint density at radius 1 is 1.23 bits per heavy atom. The van der Waals surface area contributed by atoms with Gasteiger partial charge in [0, 0.05) is 12.4 Å². The van der Waals surface area contributed by atoms with Crippen molar-refractivity contribution in [3.8, 4) is 6.01 Å². The monoisotopic (exact) mass is 196 g/mol. The first-order valence-electron chi connectivity index (χ1n) is 4.51. The maximum Gasteiger partial charge on any atom is 0.302 e. The second-order valence-corrected chi connectivity index (χ2v) is 8.37. The summed E-state index contributed by atoms with van der Waals surface area (Å²) in [5.41, 5.74) is 1.14. The standard InChI is InChI=1S/C9H16N2OSi/c1-5-8-6-10-9(11-7-8)12-13(2,3)4/h6-7H,5H2,1-4H3. The second kappa shape index (κ2) is 3.87. The zero-order chi connectivity index (χ0) is 9.90. The third kappa shape index (κ3) is 3.54. The number of rotatable bonds is 3. The van der Waals surface area contributed by atoms with Crippen LogP contribution in [0.5, 0.6) is 6.01 Å². The number of aromatic nitrogens is 2. The van der Waals surface area contributed by atoms with E-state index in [1.807, 2.05) is 12.4 Å². The van der Waals surface area contributed by atoms with Crippen LogP contribution in [0.1, 0.15) is 12.5 Å². The molecule has 1 aromatic rings. The molecule has 0 aliphatic carbocycles. The minimum absolute atomic E-state index is 0.511. The van der Waals surface area contributed by atoms with Crippen LogP contribution in [-0.4, -0.2) is 18.3 Å². The molecule has 0 saturated carbocycles. The van der Waals surface area contributed by atoms with Crippen molar-refractivity contribution in [2.45, 2.75) is 33.0 Å².